The van der Waals surface area contributed by atoms with Crippen molar-refractivity contribution >= 4 is 49.1 Å². The minimum absolute atomic E-state index is 0.0429. The molecule has 0 unspecified atom stereocenters. The molecule has 2 heterocycles. The summed E-state index contributed by atoms with van der Waals surface area (Å²) < 4.78 is 69.0. The van der Waals surface area contributed by atoms with Crippen LogP contribution in [-0.4, -0.2) is 74.5 Å². The van der Waals surface area contributed by atoms with Crippen molar-refractivity contribution in [3.8, 4) is 0 Å². The number of carboxylic acid groups (broad SMARTS) is 1. The van der Waals surface area contributed by atoms with Crippen LogP contribution in [0, 0.1) is 23.6 Å². The number of unbranched alkanes of at least 4 members (excludes halogenated alkanes) is 1. The van der Waals surface area contributed by atoms with Crippen LogP contribution in [0.2, 0.25) is 0 Å². The second kappa shape index (κ2) is 13.8. The summed E-state index contributed by atoms with van der Waals surface area (Å²) in [5.74, 6) is -2.31. The van der Waals surface area contributed by atoms with Crippen LogP contribution in [0.25, 0.3) is 0 Å². The third-order valence-corrected chi connectivity index (χ3v) is 11.0. The molecule has 0 radical (unpaired) electrons. The van der Waals surface area contributed by atoms with Crippen LogP contribution in [0.3, 0.4) is 0 Å². The van der Waals surface area contributed by atoms with E-state index in [1.165, 1.54) is 24.3 Å². The molecule has 14 nitrogen and oxygen atoms in total. The fraction of sp³-hybridized carbons (Fsp3) is 0.452. The average molecular weight is 707 g/mol. The van der Waals surface area contributed by atoms with Crippen LogP contribution < -0.4 is 21.5 Å². The third-order valence-electron chi connectivity index (χ3n) is 9.10. The number of aliphatic hydroxyl groups excluding tert-OH is 1. The summed E-state index contributed by atoms with van der Waals surface area (Å²) in [7, 11) is -7.99. The molecule has 0 saturated heterocycles. The lowest BCUT2D eigenvalue weighted by Gasteiger charge is -2.44. The number of sulfonamides is 2. The first-order valence-electron chi connectivity index (χ1n) is 15.5. The molecule has 2 fully saturated rings. The van der Waals surface area contributed by atoms with Crippen LogP contribution >= 0.6 is 0 Å². The number of amides is 1. The van der Waals surface area contributed by atoms with Crippen LogP contribution in [0.1, 0.15) is 44.1 Å². The van der Waals surface area contributed by atoms with Crippen LogP contribution in [0.15, 0.2) is 63.1 Å². The molecule has 17 heteroatoms. The van der Waals surface area contributed by atoms with Gasteiger partial charge in [0.05, 0.1) is 11.9 Å². The predicted octanol–water partition coefficient (Wildman–Crippen LogP) is 2.51. The number of aliphatic hydroxyl groups is 1. The molecule has 2 aliphatic carbocycles. The standard InChI is InChI=1S/C25H25FN4O6S2.C6H14N2O2/c1-37(33,34)28-17-8-9-18-19(11-17)38(35,36)29-24(27-18)21-23(31)20-14-4-5-15(10-14)22(20)30(25(21)32)12-13-2-6-16(26)7-3-13;7-4-2-1-3-5(8)6(9)10/h2-3,6-9,11,14-15,20,22,28,31H,4-5,10,12H2,1H3,(H,27,29);5H,1-4,7-8H2,(H,9,10)/t14-,15-,20+,22-;5-/m00/s1. The molecule has 260 valence electrons. The van der Waals surface area contributed by atoms with E-state index in [2.05, 4.69) is 14.4 Å². The number of carboxylic acids is 1. The van der Waals surface area contributed by atoms with Gasteiger partial charge in [0.1, 0.15) is 28.1 Å². The SMILES string of the molecule is CS(=O)(=O)Nc1ccc2c(c1)S(=O)(=O)N=C(C1=C(O)[C@@H]3[C@H]4CC[C@@H](C4)[C@@H]3N(Cc3ccc(F)cc3)C1=O)N2.NCCCC[C@H](N)C(=O)O. The lowest BCUT2D eigenvalue weighted by molar-refractivity contribution is -0.138. The molecule has 48 heavy (non-hydrogen) atoms. The van der Waals surface area contributed by atoms with E-state index in [-0.39, 0.29) is 63.8 Å². The summed E-state index contributed by atoms with van der Waals surface area (Å²) in [6.07, 6.45) is 5.81. The number of benzene rings is 2. The normalized spacial score (nSPS) is 24.5. The smallest absolute Gasteiger partial charge is 0.320 e. The highest BCUT2D eigenvalue weighted by Gasteiger charge is 2.57. The quantitative estimate of drug-likeness (QED) is 0.196. The van der Waals surface area contributed by atoms with Gasteiger partial charge in [-0.3, -0.25) is 14.3 Å². The van der Waals surface area contributed by atoms with Crippen molar-refractivity contribution < 1.29 is 41.0 Å². The first-order valence-corrected chi connectivity index (χ1v) is 18.8. The monoisotopic (exact) mass is 706 g/mol. The van der Waals surface area contributed by atoms with Gasteiger partial charge in [-0.15, -0.1) is 4.40 Å². The van der Waals surface area contributed by atoms with E-state index in [4.69, 9.17) is 16.6 Å². The summed E-state index contributed by atoms with van der Waals surface area (Å²) in [6, 6.07) is 8.77. The Morgan fingerprint density at radius 3 is 2.50 bits per heavy atom. The fourth-order valence-electron chi connectivity index (χ4n) is 7.01. The van der Waals surface area contributed by atoms with Crippen molar-refractivity contribution in [3.05, 3.63) is 65.2 Å². The van der Waals surface area contributed by atoms with Crippen molar-refractivity contribution in [2.45, 2.75) is 62.0 Å². The van der Waals surface area contributed by atoms with E-state index in [1.807, 2.05) is 0 Å². The highest BCUT2D eigenvalue weighted by atomic mass is 32.2. The van der Waals surface area contributed by atoms with Crippen molar-refractivity contribution in [1.82, 2.24) is 4.90 Å². The highest BCUT2D eigenvalue weighted by molar-refractivity contribution is 7.92. The Labute approximate surface area is 278 Å². The van der Waals surface area contributed by atoms with Crippen molar-refractivity contribution in [3.63, 3.8) is 0 Å². The summed E-state index contributed by atoms with van der Waals surface area (Å²) in [5, 5.41) is 22.6. The molecule has 2 bridgehead atoms. The zero-order chi connectivity index (χ0) is 35.0. The summed E-state index contributed by atoms with van der Waals surface area (Å²) >= 11 is 0. The average Bonchev–Trinajstić information content (AvgIpc) is 3.63. The van der Waals surface area contributed by atoms with Gasteiger partial charge in [0.15, 0.2) is 5.84 Å². The van der Waals surface area contributed by atoms with Gasteiger partial charge >= 0.3 is 5.97 Å². The van der Waals surface area contributed by atoms with Gasteiger partial charge in [-0.25, -0.2) is 12.8 Å². The van der Waals surface area contributed by atoms with Crippen LogP contribution in [0.5, 0.6) is 0 Å². The van der Waals surface area contributed by atoms with Gasteiger partial charge in [-0.05, 0) is 86.4 Å². The summed E-state index contributed by atoms with van der Waals surface area (Å²) in [5.41, 5.74) is 11.1. The Hall–Kier alpha value is -4.06. The number of hydrogen-bond donors (Lipinski definition) is 6. The minimum Gasteiger partial charge on any atom is -0.511 e. The first kappa shape index (κ1) is 35.3. The molecule has 2 aromatic carbocycles. The van der Waals surface area contributed by atoms with E-state index < -0.39 is 43.8 Å². The Morgan fingerprint density at radius 2 is 1.85 bits per heavy atom. The Morgan fingerprint density at radius 1 is 1.17 bits per heavy atom. The maximum Gasteiger partial charge on any atom is 0.320 e. The van der Waals surface area contributed by atoms with Gasteiger partial charge in [0.2, 0.25) is 10.0 Å². The van der Waals surface area contributed by atoms with E-state index >= 15 is 0 Å². The largest absolute Gasteiger partial charge is 0.511 e. The summed E-state index contributed by atoms with van der Waals surface area (Å²) in [4.78, 5) is 25.4. The maximum absolute atomic E-state index is 13.9. The van der Waals surface area contributed by atoms with E-state index in [1.54, 1.807) is 17.0 Å². The molecular weight excluding hydrogens is 668 g/mol. The molecule has 0 spiro atoms. The second-order valence-corrected chi connectivity index (χ2v) is 15.8. The lowest BCUT2D eigenvalue weighted by atomic mass is 9.77. The second-order valence-electron chi connectivity index (χ2n) is 12.5. The fourth-order valence-corrected chi connectivity index (χ4v) is 8.72. The number of hydrogen-bond acceptors (Lipinski definition) is 10. The van der Waals surface area contributed by atoms with Gasteiger partial charge < -0.3 is 31.9 Å². The van der Waals surface area contributed by atoms with E-state index in [0.717, 1.165) is 44.4 Å². The molecule has 2 aliphatic heterocycles. The van der Waals surface area contributed by atoms with Gasteiger partial charge in [-0.2, -0.15) is 8.42 Å². The number of rotatable bonds is 10. The number of anilines is 2. The van der Waals surface area contributed by atoms with Crippen molar-refractivity contribution in [2.75, 3.05) is 22.8 Å². The van der Waals surface area contributed by atoms with Crippen LogP contribution in [-0.2, 0) is 36.2 Å². The molecule has 2 aromatic rings. The lowest BCUT2D eigenvalue weighted by Crippen LogP contribution is -2.53. The number of amidine groups is 1. The highest BCUT2D eigenvalue weighted by Crippen LogP contribution is 2.55. The molecule has 1 amide bonds. The molecule has 5 atom stereocenters. The zero-order valence-corrected chi connectivity index (χ0v) is 27.8. The molecule has 2 saturated carbocycles. The Balaban J connectivity index is 0.000000393. The number of carbonyl (C=O) groups excluding carboxylic acids is 1. The third kappa shape index (κ3) is 7.48. The maximum atomic E-state index is 13.9. The van der Waals surface area contributed by atoms with Gasteiger partial charge in [0.25, 0.3) is 15.9 Å². The summed E-state index contributed by atoms with van der Waals surface area (Å²) in [6.45, 7) is 0.782. The number of nitrogens with one attached hydrogen (secondary N) is 2. The van der Waals surface area contributed by atoms with Crippen molar-refractivity contribution in [2.24, 2.45) is 33.6 Å². The van der Waals surface area contributed by atoms with Gasteiger partial charge in [0, 0.05) is 24.2 Å². The minimum atomic E-state index is -4.35. The van der Waals surface area contributed by atoms with Crippen molar-refractivity contribution in [1.29, 1.82) is 0 Å². The Bertz CT molecular complexity index is 1870. The van der Waals surface area contributed by atoms with E-state index in [9.17, 15) is 35.9 Å². The molecular formula is C31H39FN6O8S2. The molecule has 8 N–H and O–H groups in total. The first-order chi connectivity index (χ1) is 22.6. The molecule has 4 aliphatic rings. The number of nitrogens with zero attached hydrogens (tertiary/aromatic N) is 2. The number of carbonyl (C=O) groups is 2. The molecule has 0 aromatic heterocycles. The zero-order valence-electron chi connectivity index (χ0n) is 26.2. The Kier molecular flexibility index (Phi) is 10.1. The number of fused-ring (bicyclic) bond motifs is 6. The van der Waals surface area contributed by atoms with Gasteiger partial charge in [-0.1, -0.05) is 18.6 Å². The number of halogens is 1. The number of nitrogens with two attached hydrogens (primary N) is 2. The predicted molar refractivity (Wildman–Crippen MR) is 176 cm³/mol. The number of aliphatic carboxylic acids is 1. The topological polar surface area (TPSA) is 235 Å². The van der Waals surface area contributed by atoms with Crippen LogP contribution in [0.4, 0.5) is 15.8 Å². The molecule has 6 rings (SSSR count). The van der Waals surface area contributed by atoms with E-state index in [0.29, 0.717) is 18.5 Å².